The van der Waals surface area contributed by atoms with E-state index >= 15 is 0 Å². The number of rotatable bonds is 3. The third-order valence-corrected chi connectivity index (χ3v) is 4.92. The first kappa shape index (κ1) is 13.8. The van der Waals surface area contributed by atoms with Crippen molar-refractivity contribution < 1.29 is 0 Å². The maximum Gasteiger partial charge on any atom is 0.0308 e. The molecule has 0 saturated heterocycles. The van der Waals surface area contributed by atoms with Crippen LogP contribution in [-0.2, 0) is 0 Å². The molecule has 0 spiro atoms. The molecule has 0 amide bonds. The molecule has 0 radical (unpaired) electrons. The largest absolute Gasteiger partial charge is 0.144 e. The van der Waals surface area contributed by atoms with Gasteiger partial charge in [0.05, 0.1) is 0 Å². The predicted octanol–water partition coefficient (Wildman–Crippen LogP) is 5.95. The van der Waals surface area contributed by atoms with Gasteiger partial charge in [-0.3, -0.25) is 0 Å². The van der Waals surface area contributed by atoms with Crippen molar-refractivity contribution in [1.29, 1.82) is 0 Å². The van der Waals surface area contributed by atoms with Crippen LogP contribution >= 0.6 is 11.3 Å². The van der Waals surface area contributed by atoms with Crippen molar-refractivity contribution >= 4 is 23.0 Å². The van der Waals surface area contributed by atoms with Crippen molar-refractivity contribution in [2.75, 3.05) is 0 Å². The van der Waals surface area contributed by atoms with Crippen molar-refractivity contribution in [2.45, 2.75) is 13.8 Å². The molecule has 1 aromatic heterocycles. The summed E-state index contributed by atoms with van der Waals surface area (Å²) in [6, 6.07) is 21.2. The lowest BCUT2D eigenvalue weighted by Gasteiger charge is -2.08. The van der Waals surface area contributed by atoms with Gasteiger partial charge in [0.2, 0.25) is 0 Å². The highest BCUT2D eigenvalue weighted by molar-refractivity contribution is 7.11. The molecule has 21 heavy (non-hydrogen) atoms. The van der Waals surface area contributed by atoms with Crippen LogP contribution in [-0.4, -0.2) is 0 Å². The van der Waals surface area contributed by atoms with Gasteiger partial charge in [0.15, 0.2) is 0 Å². The van der Waals surface area contributed by atoms with Gasteiger partial charge in [-0.2, -0.15) is 0 Å². The Morgan fingerprint density at radius 3 is 1.76 bits per heavy atom. The smallest absolute Gasteiger partial charge is 0.0308 e. The SMILES string of the molecule is Cc1csc(C=C(c2ccccc2)c2ccccc2)c1C. The third kappa shape index (κ3) is 2.98. The van der Waals surface area contributed by atoms with Crippen molar-refractivity contribution in [1.82, 2.24) is 0 Å². The summed E-state index contributed by atoms with van der Waals surface area (Å²) >= 11 is 1.82. The van der Waals surface area contributed by atoms with Crippen LogP contribution < -0.4 is 0 Å². The fraction of sp³-hybridized carbons (Fsp3) is 0.100. The first-order valence-electron chi connectivity index (χ1n) is 7.13. The van der Waals surface area contributed by atoms with Gasteiger partial charge in [-0.1, -0.05) is 60.7 Å². The van der Waals surface area contributed by atoms with Crippen LogP contribution in [0.2, 0.25) is 0 Å². The van der Waals surface area contributed by atoms with E-state index in [0.717, 1.165) is 0 Å². The molecule has 0 bridgehead atoms. The Balaban J connectivity index is 2.15. The second-order valence-electron chi connectivity index (χ2n) is 5.20. The average molecular weight is 290 g/mol. The quantitative estimate of drug-likeness (QED) is 0.559. The number of thiophene rings is 1. The molecular formula is C20H18S. The van der Waals surface area contributed by atoms with Gasteiger partial charge < -0.3 is 0 Å². The van der Waals surface area contributed by atoms with E-state index in [2.05, 4.69) is 86.0 Å². The molecule has 0 aliphatic rings. The van der Waals surface area contributed by atoms with Crippen molar-refractivity contribution in [3.05, 3.63) is 93.2 Å². The van der Waals surface area contributed by atoms with Gasteiger partial charge in [0.1, 0.15) is 0 Å². The lowest BCUT2D eigenvalue weighted by atomic mass is 9.96. The zero-order valence-corrected chi connectivity index (χ0v) is 13.2. The summed E-state index contributed by atoms with van der Waals surface area (Å²) in [6.45, 7) is 4.37. The Kier molecular flexibility index (Phi) is 4.03. The Morgan fingerprint density at radius 2 is 1.33 bits per heavy atom. The normalized spacial score (nSPS) is 10.4. The molecule has 0 aliphatic carbocycles. The van der Waals surface area contributed by atoms with E-state index in [1.807, 2.05) is 11.3 Å². The van der Waals surface area contributed by atoms with E-state index in [9.17, 15) is 0 Å². The minimum atomic E-state index is 1.26. The van der Waals surface area contributed by atoms with Gasteiger partial charge in [-0.25, -0.2) is 0 Å². The topological polar surface area (TPSA) is 0 Å². The van der Waals surface area contributed by atoms with Crippen molar-refractivity contribution in [3.63, 3.8) is 0 Å². The Morgan fingerprint density at radius 1 is 0.810 bits per heavy atom. The van der Waals surface area contributed by atoms with E-state index in [0.29, 0.717) is 0 Å². The minimum absolute atomic E-state index is 1.26. The van der Waals surface area contributed by atoms with Crippen LogP contribution in [0.4, 0.5) is 0 Å². The number of hydrogen-bond acceptors (Lipinski definition) is 1. The molecule has 0 saturated carbocycles. The Bertz CT molecular complexity index is 708. The lowest BCUT2D eigenvalue weighted by Crippen LogP contribution is -1.87. The molecule has 0 N–H and O–H groups in total. The molecule has 1 heteroatoms. The monoisotopic (exact) mass is 290 g/mol. The van der Waals surface area contributed by atoms with E-state index in [1.165, 1.54) is 32.7 Å². The predicted molar refractivity (Wildman–Crippen MR) is 93.7 cm³/mol. The fourth-order valence-electron chi connectivity index (χ4n) is 2.37. The third-order valence-electron chi connectivity index (χ3n) is 3.77. The molecule has 2 aromatic carbocycles. The summed E-state index contributed by atoms with van der Waals surface area (Å²) in [5, 5.41) is 2.23. The van der Waals surface area contributed by atoms with Gasteiger partial charge in [0, 0.05) is 4.88 Å². The highest BCUT2D eigenvalue weighted by Crippen LogP contribution is 2.30. The van der Waals surface area contributed by atoms with Gasteiger partial charge in [0.25, 0.3) is 0 Å². The van der Waals surface area contributed by atoms with E-state index in [-0.39, 0.29) is 0 Å². The molecule has 0 atom stereocenters. The summed E-state index contributed by atoms with van der Waals surface area (Å²) in [7, 11) is 0. The number of benzene rings is 2. The standard InChI is InChI=1S/C20H18S/c1-15-14-21-20(16(15)2)13-19(17-9-5-3-6-10-17)18-11-7-4-8-12-18/h3-14H,1-2H3. The molecule has 1 heterocycles. The van der Waals surface area contributed by atoms with Gasteiger partial charge in [-0.05, 0) is 53.1 Å². The molecule has 0 unspecified atom stereocenters. The average Bonchev–Trinajstić information content (AvgIpc) is 2.86. The first-order valence-corrected chi connectivity index (χ1v) is 8.01. The number of aryl methyl sites for hydroxylation is 1. The summed E-state index contributed by atoms with van der Waals surface area (Å²) in [6.07, 6.45) is 2.32. The van der Waals surface area contributed by atoms with E-state index < -0.39 is 0 Å². The molecule has 104 valence electrons. The van der Waals surface area contributed by atoms with Crippen LogP contribution in [0.5, 0.6) is 0 Å². The molecule has 3 rings (SSSR count). The second kappa shape index (κ2) is 6.11. The Labute approximate surface area is 130 Å². The maximum absolute atomic E-state index is 2.32. The number of hydrogen-bond donors (Lipinski definition) is 0. The minimum Gasteiger partial charge on any atom is -0.144 e. The van der Waals surface area contributed by atoms with Crippen LogP contribution in [0.25, 0.3) is 11.6 Å². The van der Waals surface area contributed by atoms with Crippen molar-refractivity contribution in [2.24, 2.45) is 0 Å². The van der Waals surface area contributed by atoms with Crippen LogP contribution in [0.15, 0.2) is 66.0 Å². The maximum atomic E-state index is 2.32. The lowest BCUT2D eigenvalue weighted by molar-refractivity contribution is 1.39. The van der Waals surface area contributed by atoms with Crippen LogP contribution in [0, 0.1) is 13.8 Å². The van der Waals surface area contributed by atoms with E-state index in [1.54, 1.807) is 0 Å². The summed E-state index contributed by atoms with van der Waals surface area (Å²) in [5.41, 5.74) is 6.54. The zero-order chi connectivity index (χ0) is 14.7. The summed E-state index contributed by atoms with van der Waals surface area (Å²) in [4.78, 5) is 1.34. The van der Waals surface area contributed by atoms with Crippen molar-refractivity contribution in [3.8, 4) is 0 Å². The van der Waals surface area contributed by atoms with Crippen LogP contribution in [0.1, 0.15) is 27.1 Å². The molecule has 0 fully saturated rings. The molecule has 0 aliphatic heterocycles. The Hall–Kier alpha value is -2.12. The second-order valence-corrected chi connectivity index (χ2v) is 6.11. The highest BCUT2D eigenvalue weighted by atomic mass is 32.1. The van der Waals surface area contributed by atoms with E-state index in [4.69, 9.17) is 0 Å². The fourth-order valence-corrected chi connectivity index (χ4v) is 3.37. The molecular weight excluding hydrogens is 272 g/mol. The first-order chi connectivity index (χ1) is 10.3. The zero-order valence-electron chi connectivity index (χ0n) is 12.3. The molecule has 3 aromatic rings. The highest BCUT2D eigenvalue weighted by Gasteiger charge is 2.07. The van der Waals surface area contributed by atoms with Gasteiger partial charge >= 0.3 is 0 Å². The summed E-state index contributed by atoms with van der Waals surface area (Å²) < 4.78 is 0. The van der Waals surface area contributed by atoms with Gasteiger partial charge in [-0.15, -0.1) is 11.3 Å². The van der Waals surface area contributed by atoms with Crippen LogP contribution in [0.3, 0.4) is 0 Å². The molecule has 0 nitrogen and oxygen atoms in total. The summed E-state index contributed by atoms with van der Waals surface area (Å²) in [5.74, 6) is 0.